The molecule has 9 heteroatoms. The lowest BCUT2D eigenvalue weighted by Gasteiger charge is -2.05. The van der Waals surface area contributed by atoms with Crippen LogP contribution in [0.5, 0.6) is 0 Å². The Labute approximate surface area is 174 Å². The second-order valence-corrected chi connectivity index (χ2v) is 11.4. The highest BCUT2D eigenvalue weighted by molar-refractivity contribution is 9.11. The summed E-state index contributed by atoms with van der Waals surface area (Å²) in [5.74, 6) is -0.294. The van der Waals surface area contributed by atoms with Crippen molar-refractivity contribution in [3.63, 3.8) is 0 Å². The standard InChI is InChI=1S/C18H17BrN2O3S3/c1-12-4-6-13(7-5-12)27(23,24)10-2-3-17(22)21-18-20-14(11-25-18)15-8-9-16(19)26-15/h4-9,11H,2-3,10H2,1H3,(H,20,21,22). The summed E-state index contributed by atoms with van der Waals surface area (Å²) >= 11 is 6.34. The van der Waals surface area contributed by atoms with Gasteiger partial charge in [-0.2, -0.15) is 0 Å². The molecule has 0 saturated heterocycles. The number of amides is 1. The van der Waals surface area contributed by atoms with Crippen LogP contribution in [0.4, 0.5) is 5.13 Å². The third-order valence-electron chi connectivity index (χ3n) is 3.77. The Balaban J connectivity index is 1.51. The Bertz CT molecular complexity index is 1040. The predicted molar refractivity (Wildman–Crippen MR) is 114 cm³/mol. The number of sulfone groups is 1. The molecule has 0 aliphatic heterocycles. The molecule has 5 nitrogen and oxygen atoms in total. The first kappa shape index (κ1) is 20.2. The SMILES string of the molecule is Cc1ccc(S(=O)(=O)CCCC(=O)Nc2nc(-c3ccc(Br)s3)cs2)cc1. The highest BCUT2D eigenvalue weighted by Gasteiger charge is 2.15. The summed E-state index contributed by atoms with van der Waals surface area (Å²) in [5.41, 5.74) is 1.82. The first-order chi connectivity index (χ1) is 12.8. The number of hydrogen-bond donors (Lipinski definition) is 1. The number of benzene rings is 1. The summed E-state index contributed by atoms with van der Waals surface area (Å²) in [6.45, 7) is 1.90. The van der Waals surface area contributed by atoms with Crippen LogP contribution in [0, 0.1) is 6.92 Å². The zero-order chi connectivity index (χ0) is 19.4. The lowest BCUT2D eigenvalue weighted by Crippen LogP contribution is -2.14. The van der Waals surface area contributed by atoms with Gasteiger partial charge in [-0.25, -0.2) is 13.4 Å². The fourth-order valence-electron chi connectivity index (χ4n) is 2.36. The monoisotopic (exact) mass is 484 g/mol. The van der Waals surface area contributed by atoms with Gasteiger partial charge in [-0.3, -0.25) is 4.79 Å². The molecule has 0 fully saturated rings. The molecule has 2 aromatic heterocycles. The van der Waals surface area contributed by atoms with Crippen LogP contribution in [-0.2, 0) is 14.6 Å². The number of rotatable bonds is 7. The van der Waals surface area contributed by atoms with E-state index in [2.05, 4.69) is 26.2 Å². The quantitative estimate of drug-likeness (QED) is 0.503. The van der Waals surface area contributed by atoms with Crippen LogP contribution < -0.4 is 5.32 Å². The number of hydrogen-bond acceptors (Lipinski definition) is 6. The molecule has 1 N–H and O–H groups in total. The minimum Gasteiger partial charge on any atom is -0.302 e. The number of aryl methyl sites for hydroxylation is 1. The number of anilines is 1. The van der Waals surface area contributed by atoms with E-state index in [-0.39, 0.29) is 24.5 Å². The molecule has 27 heavy (non-hydrogen) atoms. The van der Waals surface area contributed by atoms with Gasteiger partial charge in [0.05, 0.1) is 25.0 Å². The summed E-state index contributed by atoms with van der Waals surface area (Å²) < 4.78 is 25.6. The van der Waals surface area contributed by atoms with Gasteiger partial charge in [-0.05, 0) is 53.5 Å². The fraction of sp³-hybridized carbons (Fsp3) is 0.222. The summed E-state index contributed by atoms with van der Waals surface area (Å²) in [7, 11) is -3.37. The summed E-state index contributed by atoms with van der Waals surface area (Å²) in [6, 6.07) is 10.7. The summed E-state index contributed by atoms with van der Waals surface area (Å²) in [4.78, 5) is 17.8. The second-order valence-electron chi connectivity index (χ2n) is 5.93. The molecule has 3 aromatic rings. The molecule has 3 rings (SSSR count). The first-order valence-electron chi connectivity index (χ1n) is 8.14. The first-order valence-corrected chi connectivity index (χ1v) is 12.3. The van der Waals surface area contributed by atoms with Crippen LogP contribution in [-0.4, -0.2) is 25.1 Å². The molecule has 0 saturated carbocycles. The van der Waals surface area contributed by atoms with Crippen LogP contribution in [0.1, 0.15) is 18.4 Å². The maximum absolute atomic E-state index is 12.3. The lowest BCUT2D eigenvalue weighted by molar-refractivity contribution is -0.116. The molecule has 2 heterocycles. The van der Waals surface area contributed by atoms with Gasteiger partial charge >= 0.3 is 0 Å². The molecular weight excluding hydrogens is 468 g/mol. The number of aromatic nitrogens is 1. The summed E-state index contributed by atoms with van der Waals surface area (Å²) in [5, 5.41) is 5.14. The van der Waals surface area contributed by atoms with E-state index in [1.165, 1.54) is 11.3 Å². The Kier molecular flexibility index (Phi) is 6.46. The predicted octanol–water partition coefficient (Wildman–Crippen LogP) is 5.14. The molecule has 0 bridgehead atoms. The number of nitrogens with one attached hydrogen (secondary N) is 1. The molecule has 0 aliphatic carbocycles. The number of nitrogens with zero attached hydrogens (tertiary/aromatic N) is 1. The minimum atomic E-state index is -3.37. The maximum atomic E-state index is 12.3. The Hall–Kier alpha value is -1.55. The van der Waals surface area contributed by atoms with Gasteiger partial charge in [0, 0.05) is 11.8 Å². The maximum Gasteiger partial charge on any atom is 0.226 e. The number of thiophene rings is 1. The summed E-state index contributed by atoms with van der Waals surface area (Å²) in [6.07, 6.45) is 0.392. The topological polar surface area (TPSA) is 76.1 Å². The fourth-order valence-corrected chi connectivity index (χ4v) is 5.82. The second kappa shape index (κ2) is 8.64. The van der Waals surface area contributed by atoms with Crippen molar-refractivity contribution < 1.29 is 13.2 Å². The average Bonchev–Trinajstić information content (AvgIpc) is 3.24. The molecule has 1 amide bonds. The largest absolute Gasteiger partial charge is 0.302 e. The molecule has 0 radical (unpaired) electrons. The van der Waals surface area contributed by atoms with Gasteiger partial charge < -0.3 is 5.32 Å². The van der Waals surface area contributed by atoms with Crippen molar-refractivity contribution in [2.45, 2.75) is 24.7 Å². The molecule has 0 aliphatic rings. The third-order valence-corrected chi connectivity index (χ3v) is 7.99. The van der Waals surface area contributed by atoms with E-state index in [0.717, 1.165) is 19.9 Å². The molecule has 1 aromatic carbocycles. The molecule has 0 spiro atoms. The van der Waals surface area contributed by atoms with Crippen molar-refractivity contribution in [3.8, 4) is 10.6 Å². The lowest BCUT2D eigenvalue weighted by atomic mass is 10.2. The van der Waals surface area contributed by atoms with Gasteiger partial charge in [0.2, 0.25) is 5.91 Å². The van der Waals surface area contributed by atoms with Crippen molar-refractivity contribution in [3.05, 3.63) is 51.1 Å². The highest BCUT2D eigenvalue weighted by Crippen LogP contribution is 2.33. The van der Waals surface area contributed by atoms with Gasteiger partial charge in [0.15, 0.2) is 15.0 Å². The minimum absolute atomic E-state index is 0.0597. The number of halogens is 1. The number of thiazole rings is 1. The van der Waals surface area contributed by atoms with Gasteiger partial charge in [-0.15, -0.1) is 22.7 Å². The Morgan fingerprint density at radius 3 is 2.59 bits per heavy atom. The molecule has 0 atom stereocenters. The Morgan fingerprint density at radius 2 is 1.93 bits per heavy atom. The van der Waals surface area contributed by atoms with Crippen molar-refractivity contribution in [2.75, 3.05) is 11.1 Å². The van der Waals surface area contributed by atoms with E-state index in [0.29, 0.717) is 10.0 Å². The van der Waals surface area contributed by atoms with Crippen molar-refractivity contribution >= 4 is 59.5 Å². The average molecular weight is 485 g/mol. The van der Waals surface area contributed by atoms with Crippen LogP contribution >= 0.6 is 38.6 Å². The number of carbonyl (C=O) groups excluding carboxylic acids is 1. The van der Waals surface area contributed by atoms with Gasteiger partial charge in [0.25, 0.3) is 0 Å². The van der Waals surface area contributed by atoms with E-state index >= 15 is 0 Å². The van der Waals surface area contributed by atoms with Crippen molar-refractivity contribution in [1.82, 2.24) is 4.98 Å². The Morgan fingerprint density at radius 1 is 1.19 bits per heavy atom. The van der Waals surface area contributed by atoms with E-state index in [9.17, 15) is 13.2 Å². The smallest absolute Gasteiger partial charge is 0.226 e. The normalized spacial score (nSPS) is 11.5. The highest BCUT2D eigenvalue weighted by atomic mass is 79.9. The van der Waals surface area contributed by atoms with E-state index in [1.807, 2.05) is 24.4 Å². The van der Waals surface area contributed by atoms with Crippen molar-refractivity contribution in [1.29, 1.82) is 0 Å². The van der Waals surface area contributed by atoms with E-state index in [1.54, 1.807) is 35.6 Å². The van der Waals surface area contributed by atoms with E-state index < -0.39 is 9.84 Å². The van der Waals surface area contributed by atoms with Crippen molar-refractivity contribution in [2.24, 2.45) is 0 Å². The molecule has 0 unspecified atom stereocenters. The van der Waals surface area contributed by atoms with E-state index in [4.69, 9.17) is 0 Å². The van der Waals surface area contributed by atoms with Crippen LogP contribution in [0.15, 0.2) is 50.5 Å². The van der Waals surface area contributed by atoms with Gasteiger partial charge in [-0.1, -0.05) is 17.7 Å². The number of carbonyl (C=O) groups is 1. The molecule has 142 valence electrons. The van der Waals surface area contributed by atoms with Crippen LogP contribution in [0.2, 0.25) is 0 Å². The van der Waals surface area contributed by atoms with Crippen LogP contribution in [0.3, 0.4) is 0 Å². The molecular formula is C18H17BrN2O3S3. The zero-order valence-corrected chi connectivity index (χ0v) is 18.5. The third kappa shape index (κ3) is 5.47. The van der Waals surface area contributed by atoms with Crippen LogP contribution in [0.25, 0.3) is 10.6 Å². The zero-order valence-electron chi connectivity index (χ0n) is 14.4. The van der Waals surface area contributed by atoms with Gasteiger partial charge in [0.1, 0.15) is 0 Å².